The third-order valence-electron chi connectivity index (χ3n) is 5.89. The number of halogens is 1. The van der Waals surface area contributed by atoms with Gasteiger partial charge in [0, 0.05) is 38.3 Å². The summed E-state index contributed by atoms with van der Waals surface area (Å²) >= 11 is 0. The van der Waals surface area contributed by atoms with Gasteiger partial charge in [-0.15, -0.1) is 0 Å². The lowest BCUT2D eigenvalue weighted by Gasteiger charge is -2.42. The van der Waals surface area contributed by atoms with Gasteiger partial charge in [-0.25, -0.2) is 12.8 Å². The molecule has 1 heterocycles. The quantitative estimate of drug-likeness (QED) is 0.545. The summed E-state index contributed by atoms with van der Waals surface area (Å²) < 4.78 is 43.3. The minimum Gasteiger partial charge on any atom is -0.489 e. The van der Waals surface area contributed by atoms with Crippen LogP contribution in [0.5, 0.6) is 5.75 Å². The number of sulfonamides is 1. The fourth-order valence-electron chi connectivity index (χ4n) is 3.64. The molecule has 0 aliphatic carbocycles. The maximum atomic E-state index is 13.0. The highest BCUT2D eigenvalue weighted by Gasteiger charge is 2.42. The zero-order chi connectivity index (χ0) is 24.9. The van der Waals surface area contributed by atoms with Gasteiger partial charge < -0.3 is 15.2 Å². The fourth-order valence-corrected chi connectivity index (χ4v) is 4.47. The Morgan fingerprint density at radius 3 is 2.18 bits per heavy atom. The molecule has 1 aliphatic heterocycles. The van der Waals surface area contributed by atoms with Crippen molar-refractivity contribution in [1.29, 1.82) is 0 Å². The number of carbonyl (C=O) groups is 2. The molecule has 9 nitrogen and oxygen atoms in total. The van der Waals surface area contributed by atoms with E-state index in [-0.39, 0.29) is 45.1 Å². The lowest BCUT2D eigenvalue weighted by molar-refractivity contribution is -0.151. The number of carboxylic acids is 1. The van der Waals surface area contributed by atoms with Gasteiger partial charge in [-0.3, -0.25) is 14.5 Å². The van der Waals surface area contributed by atoms with Crippen LogP contribution in [0.15, 0.2) is 48.5 Å². The minimum atomic E-state index is -3.34. The Balaban J connectivity index is 1.56. The van der Waals surface area contributed by atoms with Crippen LogP contribution in [0.1, 0.15) is 22.8 Å². The molecule has 1 amide bonds. The highest BCUT2D eigenvalue weighted by atomic mass is 32.2. The van der Waals surface area contributed by atoms with Crippen LogP contribution in [-0.4, -0.2) is 79.1 Å². The predicted octanol–water partition coefficient (Wildman–Crippen LogP) is 1.56. The molecule has 3 rings (SSSR count). The third kappa shape index (κ3) is 6.31. The number of rotatable bonds is 9. The van der Waals surface area contributed by atoms with Crippen molar-refractivity contribution in [2.45, 2.75) is 19.1 Å². The Morgan fingerprint density at radius 1 is 1.06 bits per heavy atom. The lowest BCUT2D eigenvalue weighted by atomic mass is 9.98. The Hall–Kier alpha value is -3.02. The molecule has 1 atom stereocenters. The Morgan fingerprint density at radius 2 is 1.65 bits per heavy atom. The summed E-state index contributed by atoms with van der Waals surface area (Å²) in [5.41, 5.74) is -0.255. The van der Waals surface area contributed by atoms with Gasteiger partial charge in [0.25, 0.3) is 5.91 Å². The topological polar surface area (TPSA) is 116 Å². The largest absolute Gasteiger partial charge is 0.489 e. The van der Waals surface area contributed by atoms with Crippen molar-refractivity contribution in [2.24, 2.45) is 0 Å². The average Bonchev–Trinajstić information content (AvgIpc) is 2.81. The SMILES string of the molecule is C[C@](CNC(=O)c1ccc(OCc2ccc(F)cc2)cc1)(C(=O)O)N1CCN(S(C)(=O)=O)CC1. The summed E-state index contributed by atoms with van der Waals surface area (Å²) in [5, 5.41) is 12.5. The van der Waals surface area contributed by atoms with E-state index >= 15 is 0 Å². The monoisotopic (exact) mass is 493 g/mol. The smallest absolute Gasteiger partial charge is 0.325 e. The van der Waals surface area contributed by atoms with E-state index in [1.165, 1.54) is 23.4 Å². The normalized spacial score (nSPS) is 17.0. The molecule has 0 spiro atoms. The van der Waals surface area contributed by atoms with Crippen LogP contribution in [0.3, 0.4) is 0 Å². The van der Waals surface area contributed by atoms with Crippen LogP contribution in [0.25, 0.3) is 0 Å². The van der Waals surface area contributed by atoms with Crippen LogP contribution < -0.4 is 10.1 Å². The second-order valence-corrected chi connectivity index (χ2v) is 10.3. The van der Waals surface area contributed by atoms with E-state index in [4.69, 9.17) is 4.74 Å². The molecular formula is C23H28FN3O6S. The van der Waals surface area contributed by atoms with Crippen LogP contribution >= 0.6 is 0 Å². The van der Waals surface area contributed by atoms with E-state index in [0.717, 1.165) is 11.8 Å². The molecule has 1 saturated heterocycles. The number of carboxylic acid groups (broad SMARTS) is 1. The Kier molecular flexibility index (Phi) is 7.90. The molecule has 0 aromatic heterocycles. The number of carbonyl (C=O) groups excluding carboxylic acids is 1. The first kappa shape index (κ1) is 25.6. The molecule has 184 valence electrons. The molecule has 2 N–H and O–H groups in total. The van der Waals surface area contributed by atoms with Gasteiger partial charge in [-0.1, -0.05) is 12.1 Å². The molecule has 0 bridgehead atoms. The van der Waals surface area contributed by atoms with Gasteiger partial charge in [0.2, 0.25) is 10.0 Å². The van der Waals surface area contributed by atoms with Crippen LogP contribution in [0.4, 0.5) is 4.39 Å². The molecule has 0 radical (unpaired) electrons. The van der Waals surface area contributed by atoms with Gasteiger partial charge in [0.1, 0.15) is 23.7 Å². The molecule has 2 aromatic carbocycles. The molecule has 1 aliphatic rings. The summed E-state index contributed by atoms with van der Waals surface area (Å²) in [7, 11) is -3.34. The van der Waals surface area contributed by atoms with Crippen molar-refractivity contribution in [3.63, 3.8) is 0 Å². The molecular weight excluding hydrogens is 465 g/mol. The number of aliphatic carboxylic acids is 1. The second-order valence-electron chi connectivity index (χ2n) is 8.35. The molecule has 2 aromatic rings. The van der Waals surface area contributed by atoms with Crippen LogP contribution in [0, 0.1) is 5.82 Å². The molecule has 0 unspecified atom stereocenters. The Bertz CT molecular complexity index is 1120. The van der Waals surface area contributed by atoms with E-state index in [1.54, 1.807) is 41.3 Å². The maximum absolute atomic E-state index is 13.0. The second kappa shape index (κ2) is 10.5. The van der Waals surface area contributed by atoms with Gasteiger partial charge in [0.05, 0.1) is 6.26 Å². The van der Waals surface area contributed by atoms with Crippen molar-refractivity contribution in [1.82, 2.24) is 14.5 Å². The first-order valence-corrected chi connectivity index (χ1v) is 12.5. The standard InChI is InChI=1S/C23H28FN3O6S/c1-23(22(29)30,26-11-13-27(14-12-26)34(2,31)32)16-25-21(28)18-5-9-20(10-6-18)33-15-17-3-7-19(24)8-4-17/h3-10H,11-16H2,1-2H3,(H,25,28)(H,29,30)/t23-/m0/s1. The first-order chi connectivity index (χ1) is 16.0. The van der Waals surface area contributed by atoms with Crippen LogP contribution in [-0.2, 0) is 21.4 Å². The summed E-state index contributed by atoms with van der Waals surface area (Å²) in [5.74, 6) is -1.34. The van der Waals surface area contributed by atoms with E-state index in [1.807, 2.05) is 0 Å². The van der Waals surface area contributed by atoms with Crippen molar-refractivity contribution in [3.8, 4) is 5.75 Å². The van der Waals surface area contributed by atoms with E-state index in [2.05, 4.69) is 5.32 Å². The van der Waals surface area contributed by atoms with Gasteiger partial charge in [-0.05, 0) is 48.9 Å². The number of benzene rings is 2. The number of nitrogens with one attached hydrogen (secondary N) is 1. The van der Waals surface area contributed by atoms with Crippen molar-refractivity contribution in [3.05, 3.63) is 65.5 Å². The minimum absolute atomic E-state index is 0.150. The fraction of sp³-hybridized carbons (Fsp3) is 0.391. The molecule has 11 heteroatoms. The summed E-state index contributed by atoms with van der Waals surface area (Å²) in [4.78, 5) is 26.3. The summed E-state index contributed by atoms with van der Waals surface area (Å²) in [6.45, 7) is 2.47. The zero-order valence-corrected chi connectivity index (χ0v) is 19.8. The van der Waals surface area contributed by atoms with Crippen molar-refractivity contribution < 1.29 is 32.2 Å². The first-order valence-electron chi connectivity index (χ1n) is 10.7. The van der Waals surface area contributed by atoms with Gasteiger partial charge >= 0.3 is 5.97 Å². The Labute approximate surface area is 198 Å². The van der Waals surface area contributed by atoms with E-state index in [0.29, 0.717) is 11.3 Å². The predicted molar refractivity (Wildman–Crippen MR) is 124 cm³/mol. The van der Waals surface area contributed by atoms with Crippen LogP contribution in [0.2, 0.25) is 0 Å². The number of hydrogen-bond acceptors (Lipinski definition) is 6. The van der Waals surface area contributed by atoms with E-state index in [9.17, 15) is 27.5 Å². The molecule has 1 fully saturated rings. The number of amides is 1. The third-order valence-corrected chi connectivity index (χ3v) is 7.20. The zero-order valence-electron chi connectivity index (χ0n) is 19.0. The van der Waals surface area contributed by atoms with Crippen molar-refractivity contribution in [2.75, 3.05) is 39.0 Å². The van der Waals surface area contributed by atoms with Gasteiger partial charge in [0.15, 0.2) is 0 Å². The number of ether oxygens (including phenoxy) is 1. The highest BCUT2D eigenvalue weighted by Crippen LogP contribution is 2.20. The lowest BCUT2D eigenvalue weighted by Crippen LogP contribution is -2.63. The maximum Gasteiger partial charge on any atom is 0.325 e. The number of hydrogen-bond donors (Lipinski definition) is 2. The average molecular weight is 494 g/mol. The van der Waals surface area contributed by atoms with E-state index < -0.39 is 27.4 Å². The summed E-state index contributed by atoms with van der Waals surface area (Å²) in [6, 6.07) is 12.3. The summed E-state index contributed by atoms with van der Waals surface area (Å²) in [6.07, 6.45) is 1.12. The molecule has 34 heavy (non-hydrogen) atoms. The number of nitrogens with zero attached hydrogens (tertiary/aromatic N) is 2. The van der Waals surface area contributed by atoms with Gasteiger partial charge in [-0.2, -0.15) is 4.31 Å². The van der Waals surface area contributed by atoms with Crippen molar-refractivity contribution >= 4 is 21.9 Å². The highest BCUT2D eigenvalue weighted by molar-refractivity contribution is 7.88. The molecule has 0 saturated carbocycles. The number of piperazine rings is 1.